The lowest BCUT2D eigenvalue weighted by atomic mass is 10.0. The zero-order valence-corrected chi connectivity index (χ0v) is 13.1. The minimum Gasteiger partial charge on any atom is -0.492 e. The van der Waals surface area contributed by atoms with Crippen LogP contribution >= 0.6 is 0 Å². The number of hydrogen-bond donors (Lipinski definition) is 0. The molecule has 0 aliphatic heterocycles. The van der Waals surface area contributed by atoms with E-state index in [0.717, 1.165) is 42.9 Å². The highest BCUT2D eigenvalue weighted by Crippen LogP contribution is 2.20. The van der Waals surface area contributed by atoms with E-state index < -0.39 is 0 Å². The van der Waals surface area contributed by atoms with Crippen molar-refractivity contribution >= 4 is 0 Å². The molecule has 1 aromatic carbocycles. The Morgan fingerprint density at radius 3 is 2.29 bits per heavy atom. The lowest BCUT2D eigenvalue weighted by molar-refractivity contribution is 0.308. The number of rotatable bonds is 8. The number of hydrogen-bond acceptors (Lipinski definition) is 2. The molecule has 0 fully saturated rings. The fourth-order valence-electron chi connectivity index (χ4n) is 2.19. The first kappa shape index (κ1) is 15.6. The van der Waals surface area contributed by atoms with Gasteiger partial charge in [0.25, 0.3) is 0 Å². The van der Waals surface area contributed by atoms with Gasteiger partial charge in [-0.3, -0.25) is 4.98 Å². The number of aromatic nitrogens is 1. The second-order valence-corrected chi connectivity index (χ2v) is 5.38. The average molecular weight is 283 g/mol. The van der Waals surface area contributed by atoms with Gasteiger partial charge in [-0.25, -0.2) is 0 Å². The lowest BCUT2D eigenvalue weighted by Gasteiger charge is -2.07. The van der Waals surface area contributed by atoms with Crippen molar-refractivity contribution in [3.05, 3.63) is 48.2 Å². The molecule has 0 radical (unpaired) electrons. The fraction of sp³-hybridized carbons (Fsp3) is 0.421. The molecule has 2 heteroatoms. The van der Waals surface area contributed by atoms with Gasteiger partial charge in [0, 0.05) is 5.56 Å². The molecule has 2 nitrogen and oxygen atoms in total. The van der Waals surface area contributed by atoms with Crippen LogP contribution < -0.4 is 4.74 Å². The quantitative estimate of drug-likeness (QED) is 0.616. The first-order chi connectivity index (χ1) is 10.3. The van der Waals surface area contributed by atoms with Gasteiger partial charge in [0.05, 0.1) is 18.5 Å². The van der Waals surface area contributed by atoms with Crippen LogP contribution in [0.1, 0.15) is 45.1 Å². The molecule has 2 aromatic rings. The highest BCUT2D eigenvalue weighted by atomic mass is 16.5. The molecular weight excluding hydrogens is 258 g/mol. The Morgan fingerprint density at radius 1 is 0.905 bits per heavy atom. The monoisotopic (exact) mass is 283 g/mol. The van der Waals surface area contributed by atoms with Crippen molar-refractivity contribution in [1.82, 2.24) is 4.98 Å². The Bertz CT molecular complexity index is 516. The first-order valence-electron chi connectivity index (χ1n) is 8.01. The smallest absolute Gasteiger partial charge is 0.137 e. The largest absolute Gasteiger partial charge is 0.492 e. The molecule has 0 aliphatic carbocycles. The highest BCUT2D eigenvalue weighted by Gasteiger charge is 2.01. The van der Waals surface area contributed by atoms with Crippen LogP contribution in [0.5, 0.6) is 5.75 Å². The molecule has 0 saturated carbocycles. The molecule has 21 heavy (non-hydrogen) atoms. The zero-order valence-electron chi connectivity index (χ0n) is 13.1. The van der Waals surface area contributed by atoms with Gasteiger partial charge in [-0.2, -0.15) is 0 Å². The average Bonchev–Trinajstić information content (AvgIpc) is 2.54. The summed E-state index contributed by atoms with van der Waals surface area (Å²) in [6, 6.07) is 12.8. The molecule has 0 bridgehead atoms. The van der Waals surface area contributed by atoms with Crippen LogP contribution in [0.4, 0.5) is 0 Å². The van der Waals surface area contributed by atoms with E-state index in [1.54, 1.807) is 0 Å². The molecule has 0 saturated heterocycles. The third-order valence-corrected chi connectivity index (χ3v) is 3.57. The zero-order chi connectivity index (χ0) is 14.9. The van der Waals surface area contributed by atoms with E-state index in [-0.39, 0.29) is 0 Å². The molecule has 0 aliphatic rings. The summed E-state index contributed by atoms with van der Waals surface area (Å²) in [5.41, 5.74) is 3.57. The maximum atomic E-state index is 5.64. The molecule has 2 rings (SSSR count). The Balaban J connectivity index is 1.97. The number of nitrogens with zero attached hydrogens (tertiary/aromatic N) is 1. The van der Waals surface area contributed by atoms with Gasteiger partial charge in [-0.15, -0.1) is 0 Å². The normalized spacial score (nSPS) is 10.6. The van der Waals surface area contributed by atoms with Crippen molar-refractivity contribution in [2.75, 3.05) is 6.61 Å². The van der Waals surface area contributed by atoms with E-state index in [1.807, 2.05) is 18.3 Å². The summed E-state index contributed by atoms with van der Waals surface area (Å²) in [7, 11) is 0. The lowest BCUT2D eigenvalue weighted by Crippen LogP contribution is -1.97. The van der Waals surface area contributed by atoms with Crippen LogP contribution in [-0.2, 0) is 6.42 Å². The van der Waals surface area contributed by atoms with Crippen LogP contribution in [0, 0.1) is 0 Å². The van der Waals surface area contributed by atoms with Gasteiger partial charge < -0.3 is 4.74 Å². The van der Waals surface area contributed by atoms with Gasteiger partial charge in [0.15, 0.2) is 0 Å². The van der Waals surface area contributed by atoms with Crippen LogP contribution in [0.2, 0.25) is 0 Å². The Morgan fingerprint density at radius 2 is 1.67 bits per heavy atom. The maximum absolute atomic E-state index is 5.64. The van der Waals surface area contributed by atoms with E-state index in [4.69, 9.17) is 4.74 Å². The summed E-state index contributed by atoms with van der Waals surface area (Å²) < 4.78 is 5.64. The molecule has 0 unspecified atom stereocenters. The van der Waals surface area contributed by atoms with Gasteiger partial charge in [-0.05, 0) is 37.0 Å². The van der Waals surface area contributed by atoms with Crippen molar-refractivity contribution in [2.24, 2.45) is 0 Å². The number of benzene rings is 1. The summed E-state index contributed by atoms with van der Waals surface area (Å²) in [6.07, 6.45) is 7.70. The molecule has 1 heterocycles. The van der Waals surface area contributed by atoms with Crippen molar-refractivity contribution in [3.63, 3.8) is 0 Å². The second kappa shape index (κ2) is 8.46. The second-order valence-electron chi connectivity index (χ2n) is 5.38. The third-order valence-electron chi connectivity index (χ3n) is 3.57. The van der Waals surface area contributed by atoms with Crippen LogP contribution in [0.15, 0.2) is 42.6 Å². The molecule has 0 spiro atoms. The van der Waals surface area contributed by atoms with E-state index in [0.29, 0.717) is 0 Å². The Labute approximate surface area is 128 Å². The summed E-state index contributed by atoms with van der Waals surface area (Å²) in [4.78, 5) is 4.49. The first-order valence-corrected chi connectivity index (χ1v) is 8.01. The Kier molecular flexibility index (Phi) is 6.26. The summed E-state index contributed by atoms with van der Waals surface area (Å²) in [5, 5.41) is 0. The number of ether oxygens (including phenoxy) is 1. The maximum Gasteiger partial charge on any atom is 0.137 e. The van der Waals surface area contributed by atoms with Gasteiger partial charge in [0.2, 0.25) is 0 Å². The predicted octanol–water partition coefficient (Wildman–Crippen LogP) is 5.27. The molecule has 1 aromatic heterocycles. The fourth-order valence-corrected chi connectivity index (χ4v) is 2.19. The molecule has 112 valence electrons. The van der Waals surface area contributed by atoms with Crippen molar-refractivity contribution < 1.29 is 4.74 Å². The van der Waals surface area contributed by atoms with Gasteiger partial charge in [0.1, 0.15) is 5.75 Å². The van der Waals surface area contributed by atoms with E-state index in [9.17, 15) is 0 Å². The Hall–Kier alpha value is -1.83. The summed E-state index contributed by atoms with van der Waals surface area (Å²) >= 11 is 0. The predicted molar refractivity (Wildman–Crippen MR) is 88.7 cm³/mol. The standard InChI is InChI=1S/C19H25NO/c1-3-5-7-16-8-10-17(11-9-16)19-13-12-18(15-20-19)21-14-6-4-2/h8-13,15H,3-7,14H2,1-2H3. The minimum absolute atomic E-state index is 0.768. The van der Waals surface area contributed by atoms with Crippen molar-refractivity contribution in [3.8, 4) is 17.0 Å². The molecule has 0 N–H and O–H groups in total. The molecule has 0 amide bonds. The van der Waals surface area contributed by atoms with E-state index >= 15 is 0 Å². The number of pyridine rings is 1. The minimum atomic E-state index is 0.768. The number of aryl methyl sites for hydroxylation is 1. The van der Waals surface area contributed by atoms with E-state index in [1.165, 1.54) is 18.4 Å². The molecule has 0 atom stereocenters. The molecular formula is C19H25NO. The topological polar surface area (TPSA) is 22.1 Å². The van der Waals surface area contributed by atoms with Crippen molar-refractivity contribution in [1.29, 1.82) is 0 Å². The van der Waals surface area contributed by atoms with Crippen molar-refractivity contribution in [2.45, 2.75) is 46.0 Å². The van der Waals surface area contributed by atoms with Crippen LogP contribution in [0.25, 0.3) is 11.3 Å². The van der Waals surface area contributed by atoms with Gasteiger partial charge in [-0.1, -0.05) is 51.0 Å². The van der Waals surface area contributed by atoms with E-state index in [2.05, 4.69) is 43.1 Å². The highest BCUT2D eigenvalue weighted by molar-refractivity contribution is 5.59. The summed E-state index contributed by atoms with van der Waals surface area (Å²) in [6.45, 7) is 5.15. The van der Waals surface area contributed by atoms with Crippen LogP contribution in [0.3, 0.4) is 0 Å². The number of unbranched alkanes of at least 4 members (excludes halogenated alkanes) is 2. The van der Waals surface area contributed by atoms with Gasteiger partial charge >= 0.3 is 0 Å². The SMILES string of the molecule is CCCCOc1ccc(-c2ccc(CCCC)cc2)nc1. The third kappa shape index (κ3) is 4.89. The van der Waals surface area contributed by atoms with Crippen LogP contribution in [-0.4, -0.2) is 11.6 Å². The summed E-state index contributed by atoms with van der Waals surface area (Å²) in [5.74, 6) is 0.853.